The van der Waals surface area contributed by atoms with Gasteiger partial charge in [-0.3, -0.25) is 0 Å². The molecule has 1 aliphatic heterocycles. The van der Waals surface area contributed by atoms with Gasteiger partial charge in [0.1, 0.15) is 12.7 Å². The first-order valence-corrected chi connectivity index (χ1v) is 10.3. The van der Waals surface area contributed by atoms with Crippen molar-refractivity contribution < 1.29 is 19.7 Å². The average Bonchev–Trinajstić information content (AvgIpc) is 3.20. The van der Waals surface area contributed by atoms with E-state index < -0.39 is 11.7 Å². The molecule has 1 saturated heterocycles. The zero-order chi connectivity index (χ0) is 21.1. The summed E-state index contributed by atoms with van der Waals surface area (Å²) in [5.41, 5.74) is 0.129. The molecule has 1 aromatic carbocycles. The van der Waals surface area contributed by atoms with E-state index in [0.29, 0.717) is 44.0 Å². The maximum absolute atomic E-state index is 10.6. The molecule has 1 atom stereocenters. The highest BCUT2D eigenvalue weighted by Crippen LogP contribution is 2.28. The first-order chi connectivity index (χ1) is 14.0. The van der Waals surface area contributed by atoms with E-state index in [1.54, 1.807) is 19.3 Å². The van der Waals surface area contributed by atoms with E-state index in [-0.39, 0.29) is 6.61 Å². The molecule has 162 valence electrons. The molecule has 6 heteroatoms. The molecule has 0 aliphatic carbocycles. The Hall–Kier alpha value is -1.86. The maximum atomic E-state index is 10.6. The van der Waals surface area contributed by atoms with Crippen LogP contribution in [0, 0.1) is 0 Å². The summed E-state index contributed by atoms with van der Waals surface area (Å²) in [6.45, 7) is 11.4. The fourth-order valence-corrected chi connectivity index (χ4v) is 3.65. The molecular formula is C23H36N2O4. The van der Waals surface area contributed by atoms with Gasteiger partial charge >= 0.3 is 0 Å². The summed E-state index contributed by atoms with van der Waals surface area (Å²) < 4.78 is 11.2. The van der Waals surface area contributed by atoms with E-state index in [4.69, 9.17) is 9.47 Å². The molecule has 0 bridgehead atoms. The number of β-amino-alcohol motifs (C(OH)–C–C–N with tert-alkyl or cyclic N) is 1. The van der Waals surface area contributed by atoms with Crippen LogP contribution in [0.3, 0.4) is 0 Å². The minimum Gasteiger partial charge on any atom is -0.493 e. The largest absolute Gasteiger partial charge is 0.493 e. The molecule has 1 unspecified atom stereocenters. The molecule has 0 saturated carbocycles. The van der Waals surface area contributed by atoms with Gasteiger partial charge in [0.05, 0.1) is 12.7 Å². The smallest absolute Gasteiger partial charge is 0.161 e. The van der Waals surface area contributed by atoms with E-state index in [1.807, 2.05) is 18.2 Å². The van der Waals surface area contributed by atoms with Crippen LogP contribution in [0.25, 0.3) is 0 Å². The summed E-state index contributed by atoms with van der Waals surface area (Å²) in [6, 6.07) is 5.73. The number of methoxy groups -OCH3 is 1. The van der Waals surface area contributed by atoms with Gasteiger partial charge in [-0.2, -0.15) is 0 Å². The van der Waals surface area contributed by atoms with Crippen molar-refractivity contribution in [2.45, 2.75) is 43.9 Å². The number of nitrogens with zero attached hydrogens (tertiary/aromatic N) is 1. The topological polar surface area (TPSA) is 74.2 Å². The van der Waals surface area contributed by atoms with Crippen LogP contribution >= 0.6 is 0 Å². The Kier molecular flexibility index (Phi) is 9.67. The Labute approximate surface area is 174 Å². The van der Waals surface area contributed by atoms with Crippen LogP contribution in [0.1, 0.15) is 31.2 Å². The van der Waals surface area contributed by atoms with E-state index >= 15 is 0 Å². The molecule has 0 amide bonds. The number of nitrogens with one attached hydrogen (secondary N) is 1. The molecule has 1 heterocycles. The third-order valence-corrected chi connectivity index (χ3v) is 5.16. The lowest BCUT2D eigenvalue weighted by atomic mass is 9.95. The van der Waals surface area contributed by atoms with Crippen molar-refractivity contribution in [3.05, 3.63) is 49.1 Å². The van der Waals surface area contributed by atoms with Gasteiger partial charge in [-0.25, -0.2) is 0 Å². The number of rotatable bonds is 14. The van der Waals surface area contributed by atoms with Crippen LogP contribution < -0.4 is 14.8 Å². The lowest BCUT2D eigenvalue weighted by Crippen LogP contribution is -2.39. The van der Waals surface area contributed by atoms with Crippen LogP contribution in [-0.4, -0.2) is 66.7 Å². The third kappa shape index (κ3) is 7.82. The fourth-order valence-electron chi connectivity index (χ4n) is 3.65. The summed E-state index contributed by atoms with van der Waals surface area (Å²) in [5.74, 6) is 1.25. The standard InChI is InChI=1S/C23H36N2O4/c1-4-10-23(27,11-5-2)18-24-15-19-8-9-21(28-3)22(14-19)29-17-20(26)16-25-12-6-7-13-25/h4-5,8-9,14,20,24,26-27H,1-2,6-7,10-13,15-18H2,3H3. The summed E-state index contributed by atoms with van der Waals surface area (Å²) >= 11 is 0. The monoisotopic (exact) mass is 404 g/mol. The molecule has 3 N–H and O–H groups in total. The number of aliphatic hydroxyl groups excluding tert-OH is 1. The van der Waals surface area contributed by atoms with Crippen molar-refractivity contribution in [1.82, 2.24) is 10.2 Å². The van der Waals surface area contributed by atoms with Crippen molar-refractivity contribution in [1.29, 1.82) is 0 Å². The Morgan fingerprint density at radius 3 is 2.52 bits per heavy atom. The molecule has 6 nitrogen and oxygen atoms in total. The van der Waals surface area contributed by atoms with Crippen LogP contribution in [-0.2, 0) is 6.54 Å². The van der Waals surface area contributed by atoms with Crippen LogP contribution in [0.5, 0.6) is 11.5 Å². The molecule has 0 radical (unpaired) electrons. The van der Waals surface area contributed by atoms with Crippen molar-refractivity contribution in [3.63, 3.8) is 0 Å². The number of hydrogen-bond donors (Lipinski definition) is 3. The minimum atomic E-state index is -0.880. The van der Waals surface area contributed by atoms with Crippen molar-refractivity contribution in [3.8, 4) is 11.5 Å². The number of likely N-dealkylation sites (tertiary alicyclic amines) is 1. The summed E-state index contributed by atoms with van der Waals surface area (Å²) in [7, 11) is 1.60. The summed E-state index contributed by atoms with van der Waals surface area (Å²) in [6.07, 6.45) is 6.30. The quantitative estimate of drug-likeness (QED) is 0.414. The molecule has 2 rings (SSSR count). The molecule has 1 aliphatic rings. The second-order valence-corrected chi connectivity index (χ2v) is 7.77. The van der Waals surface area contributed by atoms with Crippen LogP contribution in [0.4, 0.5) is 0 Å². The van der Waals surface area contributed by atoms with E-state index in [1.165, 1.54) is 12.8 Å². The van der Waals surface area contributed by atoms with Gasteiger partial charge in [0.25, 0.3) is 0 Å². The number of aliphatic hydroxyl groups is 2. The average molecular weight is 405 g/mol. The van der Waals surface area contributed by atoms with Crippen LogP contribution in [0.2, 0.25) is 0 Å². The lowest BCUT2D eigenvalue weighted by Gasteiger charge is -2.26. The van der Waals surface area contributed by atoms with Crippen molar-refractivity contribution in [2.75, 3.05) is 39.9 Å². The Balaban J connectivity index is 1.89. The maximum Gasteiger partial charge on any atom is 0.161 e. The van der Waals surface area contributed by atoms with Crippen molar-refractivity contribution in [2.24, 2.45) is 0 Å². The highest BCUT2D eigenvalue weighted by atomic mass is 16.5. The van der Waals surface area contributed by atoms with Gasteiger partial charge in [0.2, 0.25) is 0 Å². The summed E-state index contributed by atoms with van der Waals surface area (Å²) in [5, 5.41) is 24.2. The Morgan fingerprint density at radius 1 is 1.21 bits per heavy atom. The first kappa shape index (κ1) is 23.4. The molecule has 0 spiro atoms. The van der Waals surface area contributed by atoms with E-state index in [9.17, 15) is 10.2 Å². The van der Waals surface area contributed by atoms with Gasteiger partial charge in [-0.05, 0) is 56.5 Å². The van der Waals surface area contributed by atoms with Gasteiger partial charge in [0, 0.05) is 19.6 Å². The van der Waals surface area contributed by atoms with Crippen molar-refractivity contribution >= 4 is 0 Å². The number of benzene rings is 1. The second-order valence-electron chi connectivity index (χ2n) is 7.77. The predicted molar refractivity (Wildman–Crippen MR) is 116 cm³/mol. The second kappa shape index (κ2) is 12.0. The number of ether oxygens (including phenoxy) is 2. The summed E-state index contributed by atoms with van der Waals surface area (Å²) in [4.78, 5) is 2.26. The minimum absolute atomic E-state index is 0.224. The fraction of sp³-hybridized carbons (Fsp3) is 0.565. The SMILES string of the molecule is C=CCC(O)(CC=C)CNCc1ccc(OC)c(OCC(O)CN2CCCC2)c1. The molecule has 1 fully saturated rings. The zero-order valence-electron chi connectivity index (χ0n) is 17.6. The normalized spacial score (nSPS) is 15.8. The molecule has 29 heavy (non-hydrogen) atoms. The first-order valence-electron chi connectivity index (χ1n) is 10.3. The van der Waals surface area contributed by atoms with E-state index in [2.05, 4.69) is 23.4 Å². The molecule has 1 aromatic rings. The van der Waals surface area contributed by atoms with Gasteiger partial charge < -0.3 is 29.9 Å². The molecular weight excluding hydrogens is 368 g/mol. The highest BCUT2D eigenvalue weighted by Gasteiger charge is 2.23. The predicted octanol–water partition coefficient (Wildman–Crippen LogP) is 2.50. The van der Waals surface area contributed by atoms with Crippen LogP contribution in [0.15, 0.2) is 43.5 Å². The van der Waals surface area contributed by atoms with E-state index in [0.717, 1.165) is 18.7 Å². The number of hydrogen-bond acceptors (Lipinski definition) is 6. The zero-order valence-corrected chi connectivity index (χ0v) is 17.6. The van der Waals surface area contributed by atoms with Gasteiger partial charge in [-0.1, -0.05) is 18.2 Å². The molecule has 0 aromatic heterocycles. The highest BCUT2D eigenvalue weighted by molar-refractivity contribution is 5.43. The third-order valence-electron chi connectivity index (χ3n) is 5.16. The Morgan fingerprint density at radius 2 is 1.90 bits per heavy atom. The van der Waals surface area contributed by atoms with Gasteiger partial charge in [-0.15, -0.1) is 13.2 Å². The lowest BCUT2D eigenvalue weighted by molar-refractivity contribution is 0.0460. The Bertz CT molecular complexity index is 634. The van der Waals surface area contributed by atoms with Gasteiger partial charge in [0.15, 0.2) is 11.5 Å².